The summed E-state index contributed by atoms with van der Waals surface area (Å²) >= 11 is 0. The molecule has 2 atom stereocenters. The summed E-state index contributed by atoms with van der Waals surface area (Å²) < 4.78 is 5.28. The van der Waals surface area contributed by atoms with Crippen LogP contribution in [-0.2, 0) is 11.2 Å². The van der Waals surface area contributed by atoms with Gasteiger partial charge in [0.05, 0.1) is 7.11 Å². The first-order chi connectivity index (χ1) is 12.5. The van der Waals surface area contributed by atoms with E-state index in [0.29, 0.717) is 6.54 Å². The SMILES string of the molecule is COc1ccc([C@H]2Cc3ccccc3N(CCN(C)C)C(=O)[C@H]2C)cc1. The predicted molar refractivity (Wildman–Crippen MR) is 106 cm³/mol. The van der Waals surface area contributed by atoms with Gasteiger partial charge in [0.2, 0.25) is 5.91 Å². The van der Waals surface area contributed by atoms with Crippen LogP contribution in [0, 0.1) is 5.92 Å². The summed E-state index contributed by atoms with van der Waals surface area (Å²) in [5, 5.41) is 0. The summed E-state index contributed by atoms with van der Waals surface area (Å²) in [6, 6.07) is 16.4. The maximum atomic E-state index is 13.3. The number of likely N-dealkylation sites (N-methyl/N-ethyl adjacent to an activating group) is 1. The Hall–Kier alpha value is -2.33. The Kier molecular flexibility index (Phi) is 5.62. The maximum absolute atomic E-state index is 13.3. The fraction of sp³-hybridized carbons (Fsp3) is 0.409. The van der Waals surface area contributed by atoms with E-state index in [9.17, 15) is 4.79 Å². The summed E-state index contributed by atoms with van der Waals surface area (Å²) in [5.74, 6) is 1.14. The lowest BCUT2D eigenvalue weighted by molar-refractivity contribution is -0.122. The molecule has 26 heavy (non-hydrogen) atoms. The van der Waals surface area contributed by atoms with Crippen molar-refractivity contribution in [2.45, 2.75) is 19.3 Å². The monoisotopic (exact) mass is 352 g/mol. The molecular formula is C22H28N2O2. The van der Waals surface area contributed by atoms with Crippen LogP contribution >= 0.6 is 0 Å². The number of carbonyl (C=O) groups is 1. The Bertz CT molecular complexity index is 755. The summed E-state index contributed by atoms with van der Waals surface area (Å²) in [5.41, 5.74) is 3.49. The topological polar surface area (TPSA) is 32.8 Å². The number of anilines is 1. The molecule has 0 bridgehead atoms. The van der Waals surface area contributed by atoms with Gasteiger partial charge in [-0.25, -0.2) is 0 Å². The smallest absolute Gasteiger partial charge is 0.230 e. The molecule has 0 spiro atoms. The second kappa shape index (κ2) is 7.92. The summed E-state index contributed by atoms with van der Waals surface area (Å²) in [6.07, 6.45) is 0.869. The Morgan fingerprint density at radius 3 is 2.46 bits per heavy atom. The third-order valence-corrected chi connectivity index (χ3v) is 5.30. The Morgan fingerprint density at radius 2 is 1.81 bits per heavy atom. The van der Waals surface area contributed by atoms with Crippen molar-refractivity contribution >= 4 is 11.6 Å². The molecule has 1 amide bonds. The normalized spacial score (nSPS) is 20.0. The highest BCUT2D eigenvalue weighted by Crippen LogP contribution is 2.38. The third kappa shape index (κ3) is 3.75. The van der Waals surface area contributed by atoms with Crippen molar-refractivity contribution < 1.29 is 9.53 Å². The van der Waals surface area contributed by atoms with E-state index in [4.69, 9.17) is 4.74 Å². The van der Waals surface area contributed by atoms with Crippen LogP contribution in [0.4, 0.5) is 5.69 Å². The summed E-state index contributed by atoms with van der Waals surface area (Å²) in [4.78, 5) is 17.4. The molecule has 4 nitrogen and oxygen atoms in total. The summed E-state index contributed by atoms with van der Waals surface area (Å²) in [6.45, 7) is 3.62. The molecule has 3 rings (SSSR count). The van der Waals surface area contributed by atoms with Gasteiger partial charge in [0.1, 0.15) is 5.75 Å². The number of para-hydroxylation sites is 1. The van der Waals surface area contributed by atoms with Gasteiger partial charge in [0, 0.05) is 24.7 Å². The zero-order chi connectivity index (χ0) is 18.7. The largest absolute Gasteiger partial charge is 0.497 e. The third-order valence-electron chi connectivity index (χ3n) is 5.30. The Balaban J connectivity index is 1.97. The number of carbonyl (C=O) groups excluding carboxylic acids is 1. The maximum Gasteiger partial charge on any atom is 0.230 e. The molecule has 4 heteroatoms. The second-order valence-corrected chi connectivity index (χ2v) is 7.29. The van der Waals surface area contributed by atoms with Crippen LogP contribution in [-0.4, -0.2) is 45.1 Å². The molecule has 0 aromatic heterocycles. The number of hydrogen-bond acceptors (Lipinski definition) is 3. The van der Waals surface area contributed by atoms with Gasteiger partial charge >= 0.3 is 0 Å². The average Bonchev–Trinajstić information content (AvgIpc) is 2.76. The van der Waals surface area contributed by atoms with Crippen molar-refractivity contribution in [3.05, 3.63) is 59.7 Å². The van der Waals surface area contributed by atoms with E-state index >= 15 is 0 Å². The van der Waals surface area contributed by atoms with Gasteiger partial charge in [0.25, 0.3) is 0 Å². The van der Waals surface area contributed by atoms with Crippen molar-refractivity contribution in [3.63, 3.8) is 0 Å². The average molecular weight is 352 g/mol. The number of nitrogens with zero attached hydrogens (tertiary/aromatic N) is 2. The fourth-order valence-corrected chi connectivity index (χ4v) is 3.69. The minimum Gasteiger partial charge on any atom is -0.497 e. The highest BCUT2D eigenvalue weighted by molar-refractivity contribution is 5.97. The fourth-order valence-electron chi connectivity index (χ4n) is 3.69. The van der Waals surface area contributed by atoms with Crippen molar-refractivity contribution in [2.24, 2.45) is 5.92 Å². The number of hydrogen-bond donors (Lipinski definition) is 0. The summed E-state index contributed by atoms with van der Waals surface area (Å²) in [7, 11) is 5.75. The van der Waals surface area contributed by atoms with Gasteiger partial charge in [-0.15, -0.1) is 0 Å². The standard InChI is InChI=1S/C22H28N2O2/c1-16-20(17-9-11-19(26-4)12-10-17)15-18-7-5-6-8-21(18)24(22(16)25)14-13-23(2)3/h5-12,16,20H,13-15H2,1-4H3/t16-,20-/m0/s1. The lowest BCUT2D eigenvalue weighted by atomic mass is 9.83. The zero-order valence-corrected chi connectivity index (χ0v) is 16.1. The van der Waals surface area contributed by atoms with Crippen LogP contribution in [0.15, 0.2) is 48.5 Å². The lowest BCUT2D eigenvalue weighted by Gasteiger charge is -2.27. The van der Waals surface area contributed by atoms with E-state index in [0.717, 1.165) is 24.4 Å². The molecule has 1 aliphatic heterocycles. The van der Waals surface area contributed by atoms with Crippen molar-refractivity contribution in [1.29, 1.82) is 0 Å². The van der Waals surface area contributed by atoms with Crippen LogP contribution < -0.4 is 9.64 Å². The molecule has 1 aliphatic rings. The lowest BCUT2D eigenvalue weighted by Crippen LogP contribution is -2.40. The number of rotatable bonds is 5. The van der Waals surface area contributed by atoms with Crippen LogP contribution in [0.5, 0.6) is 5.75 Å². The molecule has 2 aromatic rings. The molecule has 0 unspecified atom stereocenters. The van der Waals surface area contributed by atoms with Gasteiger partial charge in [0.15, 0.2) is 0 Å². The van der Waals surface area contributed by atoms with Crippen molar-refractivity contribution in [3.8, 4) is 5.75 Å². The minimum atomic E-state index is -0.0713. The molecular weight excluding hydrogens is 324 g/mol. The Morgan fingerprint density at radius 1 is 1.12 bits per heavy atom. The van der Waals surface area contributed by atoms with Crippen molar-refractivity contribution in [1.82, 2.24) is 4.90 Å². The number of methoxy groups -OCH3 is 1. The van der Waals surface area contributed by atoms with Crippen LogP contribution in [0.2, 0.25) is 0 Å². The molecule has 0 aliphatic carbocycles. The van der Waals surface area contributed by atoms with Crippen LogP contribution in [0.3, 0.4) is 0 Å². The highest BCUT2D eigenvalue weighted by Gasteiger charge is 2.34. The van der Waals surface area contributed by atoms with E-state index in [1.165, 1.54) is 11.1 Å². The highest BCUT2D eigenvalue weighted by atomic mass is 16.5. The molecule has 0 radical (unpaired) electrons. The number of amides is 1. The van der Waals surface area contributed by atoms with Gasteiger partial charge < -0.3 is 14.5 Å². The van der Waals surface area contributed by atoms with E-state index in [2.05, 4.69) is 42.2 Å². The first-order valence-corrected chi connectivity index (χ1v) is 9.19. The number of ether oxygens (including phenoxy) is 1. The second-order valence-electron chi connectivity index (χ2n) is 7.29. The van der Waals surface area contributed by atoms with Gasteiger partial charge in [-0.1, -0.05) is 37.3 Å². The predicted octanol–water partition coefficient (Wildman–Crippen LogP) is 3.57. The first kappa shape index (κ1) is 18.5. The molecule has 1 heterocycles. The van der Waals surface area contributed by atoms with Gasteiger partial charge in [-0.2, -0.15) is 0 Å². The number of fused-ring (bicyclic) bond motifs is 1. The number of benzene rings is 2. The first-order valence-electron chi connectivity index (χ1n) is 9.19. The van der Waals surface area contributed by atoms with Gasteiger partial charge in [-0.3, -0.25) is 4.79 Å². The van der Waals surface area contributed by atoms with Crippen molar-refractivity contribution in [2.75, 3.05) is 39.2 Å². The van der Waals surface area contributed by atoms with E-state index < -0.39 is 0 Å². The molecule has 0 saturated carbocycles. The van der Waals surface area contributed by atoms with Crippen LogP contribution in [0.25, 0.3) is 0 Å². The molecule has 0 N–H and O–H groups in total. The van der Waals surface area contributed by atoms with Gasteiger partial charge in [-0.05, 0) is 55.8 Å². The molecule has 0 saturated heterocycles. The molecule has 138 valence electrons. The zero-order valence-electron chi connectivity index (χ0n) is 16.1. The van der Waals surface area contributed by atoms with E-state index in [1.807, 2.05) is 37.2 Å². The molecule has 0 fully saturated rings. The van der Waals surface area contributed by atoms with E-state index in [1.54, 1.807) is 7.11 Å². The van der Waals surface area contributed by atoms with E-state index in [-0.39, 0.29) is 17.7 Å². The quantitative estimate of drug-likeness (QED) is 0.825. The van der Waals surface area contributed by atoms with Crippen LogP contribution in [0.1, 0.15) is 24.0 Å². The minimum absolute atomic E-state index is 0.0713. The molecule has 2 aromatic carbocycles. The Labute approximate surface area is 156 Å².